The molecule has 18 heavy (non-hydrogen) atoms. The summed E-state index contributed by atoms with van der Waals surface area (Å²) in [7, 11) is 3.95. The number of ether oxygens (including phenoxy) is 1. The van der Waals surface area contributed by atoms with Crippen molar-refractivity contribution in [2.24, 2.45) is 11.3 Å². The first-order chi connectivity index (χ1) is 8.35. The van der Waals surface area contributed by atoms with Gasteiger partial charge in [-0.15, -0.1) is 0 Å². The van der Waals surface area contributed by atoms with Crippen LogP contribution < -0.4 is 5.32 Å². The molecule has 1 atom stereocenters. The van der Waals surface area contributed by atoms with Crippen LogP contribution in [0.3, 0.4) is 0 Å². The van der Waals surface area contributed by atoms with Gasteiger partial charge in [0.2, 0.25) is 0 Å². The lowest BCUT2D eigenvalue weighted by Crippen LogP contribution is -2.32. The van der Waals surface area contributed by atoms with Gasteiger partial charge in [0.25, 0.3) is 0 Å². The summed E-state index contributed by atoms with van der Waals surface area (Å²) in [4.78, 5) is 2.42. The van der Waals surface area contributed by atoms with Crippen molar-refractivity contribution in [1.29, 1.82) is 0 Å². The largest absolute Gasteiger partial charge is 0.383 e. The van der Waals surface area contributed by atoms with Crippen molar-refractivity contribution in [3.8, 4) is 0 Å². The van der Waals surface area contributed by atoms with Gasteiger partial charge < -0.3 is 15.0 Å². The molecule has 0 aromatic carbocycles. The van der Waals surface area contributed by atoms with Gasteiger partial charge in [-0.1, -0.05) is 27.7 Å². The van der Waals surface area contributed by atoms with Crippen molar-refractivity contribution in [1.82, 2.24) is 10.2 Å². The Kier molecular flexibility index (Phi) is 9.70. The summed E-state index contributed by atoms with van der Waals surface area (Å²) in [6, 6.07) is 0. The lowest BCUT2D eigenvalue weighted by Gasteiger charge is -2.25. The van der Waals surface area contributed by atoms with Crippen LogP contribution in [0.4, 0.5) is 0 Å². The average Bonchev–Trinajstić information content (AvgIpc) is 2.24. The topological polar surface area (TPSA) is 24.5 Å². The van der Waals surface area contributed by atoms with Gasteiger partial charge in [-0.2, -0.15) is 0 Å². The lowest BCUT2D eigenvalue weighted by atomic mass is 9.84. The highest BCUT2D eigenvalue weighted by atomic mass is 16.5. The molecule has 1 N–H and O–H groups in total. The number of hydrogen-bond donors (Lipinski definition) is 1. The number of rotatable bonds is 10. The molecular formula is C15H34N2O. The molecule has 1 unspecified atom stereocenters. The van der Waals surface area contributed by atoms with E-state index in [1.807, 2.05) is 0 Å². The third-order valence-corrected chi connectivity index (χ3v) is 3.12. The SMILES string of the molecule is COCCNCCN(C)CCC(C)CC(C)(C)C. The Morgan fingerprint density at radius 3 is 2.39 bits per heavy atom. The maximum absolute atomic E-state index is 5.00. The fourth-order valence-electron chi connectivity index (χ4n) is 2.27. The maximum Gasteiger partial charge on any atom is 0.0587 e. The summed E-state index contributed by atoms with van der Waals surface area (Å²) in [6.45, 7) is 14.5. The molecule has 3 heteroatoms. The molecule has 0 aromatic rings. The van der Waals surface area contributed by atoms with E-state index in [0.717, 1.165) is 32.2 Å². The van der Waals surface area contributed by atoms with Crippen molar-refractivity contribution in [2.45, 2.75) is 40.5 Å². The minimum Gasteiger partial charge on any atom is -0.383 e. The Bertz CT molecular complexity index is 189. The Morgan fingerprint density at radius 1 is 1.17 bits per heavy atom. The van der Waals surface area contributed by atoms with Crippen LogP contribution in [0.5, 0.6) is 0 Å². The molecule has 0 heterocycles. The highest BCUT2D eigenvalue weighted by Gasteiger charge is 2.15. The molecule has 3 nitrogen and oxygen atoms in total. The van der Waals surface area contributed by atoms with Crippen LogP contribution in [-0.2, 0) is 4.74 Å². The minimum absolute atomic E-state index is 0.458. The number of hydrogen-bond acceptors (Lipinski definition) is 3. The number of nitrogens with one attached hydrogen (secondary N) is 1. The van der Waals surface area contributed by atoms with E-state index in [9.17, 15) is 0 Å². The van der Waals surface area contributed by atoms with E-state index in [0.29, 0.717) is 5.41 Å². The second kappa shape index (κ2) is 9.76. The molecule has 0 aliphatic rings. The molecule has 0 aliphatic heterocycles. The van der Waals surface area contributed by atoms with Gasteiger partial charge >= 0.3 is 0 Å². The zero-order valence-corrected chi connectivity index (χ0v) is 13.4. The molecule has 0 radical (unpaired) electrons. The zero-order chi connectivity index (χ0) is 14.0. The van der Waals surface area contributed by atoms with Gasteiger partial charge in [0.05, 0.1) is 6.61 Å². The van der Waals surface area contributed by atoms with E-state index in [-0.39, 0.29) is 0 Å². The van der Waals surface area contributed by atoms with E-state index in [4.69, 9.17) is 4.74 Å². The Morgan fingerprint density at radius 2 is 1.83 bits per heavy atom. The first-order valence-corrected chi connectivity index (χ1v) is 7.23. The molecule has 0 saturated carbocycles. The van der Waals surface area contributed by atoms with Crippen LogP contribution >= 0.6 is 0 Å². The molecule has 0 bridgehead atoms. The van der Waals surface area contributed by atoms with Gasteiger partial charge in [-0.25, -0.2) is 0 Å². The van der Waals surface area contributed by atoms with Crippen molar-refractivity contribution < 1.29 is 4.74 Å². The maximum atomic E-state index is 5.00. The molecule has 0 aromatic heterocycles. The van der Waals surface area contributed by atoms with E-state index in [2.05, 4.69) is 45.0 Å². The molecule has 0 fully saturated rings. The first kappa shape index (κ1) is 17.9. The summed E-state index contributed by atoms with van der Waals surface area (Å²) in [6.07, 6.45) is 2.61. The van der Waals surface area contributed by atoms with Crippen LogP contribution in [0.15, 0.2) is 0 Å². The highest BCUT2D eigenvalue weighted by Crippen LogP contribution is 2.25. The Hall–Kier alpha value is -0.120. The summed E-state index contributed by atoms with van der Waals surface area (Å²) < 4.78 is 5.00. The number of nitrogens with zero attached hydrogens (tertiary/aromatic N) is 1. The van der Waals surface area contributed by atoms with Gasteiger partial charge in [0.15, 0.2) is 0 Å². The van der Waals surface area contributed by atoms with Gasteiger partial charge in [0.1, 0.15) is 0 Å². The molecule has 0 rings (SSSR count). The summed E-state index contributed by atoms with van der Waals surface area (Å²) in [5.74, 6) is 0.814. The van der Waals surface area contributed by atoms with E-state index in [1.54, 1.807) is 7.11 Å². The zero-order valence-electron chi connectivity index (χ0n) is 13.4. The average molecular weight is 258 g/mol. The molecule has 110 valence electrons. The Labute approximate surface area is 114 Å². The number of likely N-dealkylation sites (N-methyl/N-ethyl adjacent to an activating group) is 1. The van der Waals surface area contributed by atoms with E-state index in [1.165, 1.54) is 19.4 Å². The van der Waals surface area contributed by atoms with Crippen LogP contribution in [-0.4, -0.2) is 51.8 Å². The Balaban J connectivity index is 3.49. The fourth-order valence-corrected chi connectivity index (χ4v) is 2.27. The molecule has 0 amide bonds. The van der Waals surface area contributed by atoms with Crippen LogP contribution in [0, 0.1) is 11.3 Å². The van der Waals surface area contributed by atoms with Crippen LogP contribution in [0.1, 0.15) is 40.5 Å². The number of methoxy groups -OCH3 is 1. The van der Waals surface area contributed by atoms with E-state index < -0.39 is 0 Å². The lowest BCUT2D eigenvalue weighted by molar-refractivity contribution is 0.197. The second-order valence-electron chi connectivity index (χ2n) is 6.70. The normalized spacial score (nSPS) is 14.2. The van der Waals surface area contributed by atoms with Gasteiger partial charge in [-0.05, 0) is 37.8 Å². The predicted molar refractivity (Wildman–Crippen MR) is 80.1 cm³/mol. The van der Waals surface area contributed by atoms with Gasteiger partial charge in [0, 0.05) is 26.7 Å². The highest BCUT2D eigenvalue weighted by molar-refractivity contribution is 4.67. The third-order valence-electron chi connectivity index (χ3n) is 3.12. The summed E-state index contributed by atoms with van der Waals surface area (Å²) in [5.41, 5.74) is 0.458. The second-order valence-corrected chi connectivity index (χ2v) is 6.70. The van der Waals surface area contributed by atoms with Crippen molar-refractivity contribution in [3.05, 3.63) is 0 Å². The first-order valence-electron chi connectivity index (χ1n) is 7.23. The van der Waals surface area contributed by atoms with Crippen molar-refractivity contribution in [2.75, 3.05) is 46.9 Å². The van der Waals surface area contributed by atoms with Crippen molar-refractivity contribution in [3.63, 3.8) is 0 Å². The van der Waals surface area contributed by atoms with E-state index >= 15 is 0 Å². The minimum atomic E-state index is 0.458. The standard InChI is InChI=1S/C15H34N2O/c1-14(13-15(2,3)4)7-10-17(5)11-8-16-9-12-18-6/h14,16H,7-13H2,1-6H3. The van der Waals surface area contributed by atoms with Crippen LogP contribution in [0.2, 0.25) is 0 Å². The van der Waals surface area contributed by atoms with Crippen molar-refractivity contribution >= 4 is 0 Å². The van der Waals surface area contributed by atoms with Crippen LogP contribution in [0.25, 0.3) is 0 Å². The summed E-state index contributed by atoms with van der Waals surface area (Å²) >= 11 is 0. The fraction of sp³-hybridized carbons (Fsp3) is 1.00. The summed E-state index contributed by atoms with van der Waals surface area (Å²) in [5, 5.41) is 3.38. The molecule has 0 aliphatic carbocycles. The third kappa shape index (κ3) is 12.3. The predicted octanol–water partition coefficient (Wildman–Crippen LogP) is 2.62. The quantitative estimate of drug-likeness (QED) is 0.610. The monoisotopic (exact) mass is 258 g/mol. The molecule has 0 spiro atoms. The molecule has 0 saturated heterocycles. The molecular weight excluding hydrogens is 224 g/mol. The van der Waals surface area contributed by atoms with Gasteiger partial charge in [-0.3, -0.25) is 0 Å². The smallest absolute Gasteiger partial charge is 0.0587 e.